The van der Waals surface area contributed by atoms with Crippen LogP contribution in [0.2, 0.25) is 5.02 Å². The normalized spacial score (nSPS) is 11.6. The number of esters is 1. The Kier molecular flexibility index (Phi) is 11.8. The van der Waals surface area contributed by atoms with Gasteiger partial charge in [0.05, 0.1) is 25.3 Å². The number of ether oxygens (including phenoxy) is 2. The number of benzene rings is 5. The molecular weight excluding hydrogens is 700 g/mol. The fraction of sp³-hybridized carbons (Fsp3) is 0.195. The van der Waals surface area contributed by atoms with E-state index in [9.17, 15) is 13.2 Å². The average molecular weight is 739 g/mol. The number of halogens is 1. The third kappa shape index (κ3) is 8.86. The number of rotatable bonds is 15. The molecule has 0 unspecified atom stereocenters. The van der Waals surface area contributed by atoms with Crippen molar-refractivity contribution in [1.29, 1.82) is 0 Å². The molecule has 0 aliphatic heterocycles. The summed E-state index contributed by atoms with van der Waals surface area (Å²) in [5.74, 6) is 0.211. The number of hydrogen-bond donors (Lipinski definition) is 1. The zero-order valence-electron chi connectivity index (χ0n) is 28.4. The Labute approximate surface area is 308 Å². The molecule has 1 N–H and O–H groups in total. The third-order valence-corrected chi connectivity index (χ3v) is 12.1. The minimum atomic E-state index is -3.59. The van der Waals surface area contributed by atoms with Crippen LogP contribution in [-0.2, 0) is 27.6 Å². The maximum absolute atomic E-state index is 13.3. The lowest BCUT2D eigenvalue weighted by Gasteiger charge is -2.25. The first-order chi connectivity index (χ1) is 24.7. The molecule has 0 aliphatic rings. The van der Waals surface area contributed by atoms with Gasteiger partial charge >= 0.3 is 5.97 Å². The zero-order valence-corrected chi connectivity index (χ0v) is 30.8. The molecule has 0 aliphatic carbocycles. The van der Waals surface area contributed by atoms with Crippen molar-refractivity contribution in [3.63, 3.8) is 0 Å². The SMILES string of the molecule is COC(=O)c1ccc(OCCc2c(CCNS(=O)(=O)CSc3ccccc3C)n(C(c3ccccc3)c3ccccc3)c3ccc(Cl)cc23)cc1. The Morgan fingerprint density at radius 2 is 1.49 bits per heavy atom. The second-order valence-corrected chi connectivity index (χ2v) is 15.7. The van der Waals surface area contributed by atoms with E-state index in [-0.39, 0.29) is 17.7 Å². The Bertz CT molecular complexity index is 2170. The molecule has 6 aromatic rings. The number of hydrogen-bond acceptors (Lipinski definition) is 6. The number of sulfonamides is 1. The summed E-state index contributed by atoms with van der Waals surface area (Å²) in [5, 5.41) is 1.51. The van der Waals surface area contributed by atoms with E-state index in [4.69, 9.17) is 21.1 Å². The fourth-order valence-corrected chi connectivity index (χ4v) is 8.83. The molecule has 0 fully saturated rings. The molecule has 5 aromatic carbocycles. The molecule has 0 radical (unpaired) electrons. The molecular formula is C41H39ClN2O5S2. The molecule has 0 saturated heterocycles. The van der Waals surface area contributed by atoms with Crippen LogP contribution in [0.4, 0.5) is 0 Å². The van der Waals surface area contributed by atoms with E-state index in [1.54, 1.807) is 24.3 Å². The van der Waals surface area contributed by atoms with Crippen molar-refractivity contribution in [1.82, 2.24) is 9.29 Å². The number of nitrogens with one attached hydrogen (secondary N) is 1. The van der Waals surface area contributed by atoms with E-state index in [2.05, 4.69) is 33.6 Å². The fourth-order valence-electron chi connectivity index (χ4n) is 6.31. The third-order valence-electron chi connectivity index (χ3n) is 8.71. The zero-order chi connectivity index (χ0) is 35.8. The molecule has 0 saturated carbocycles. The quantitative estimate of drug-likeness (QED) is 0.0837. The van der Waals surface area contributed by atoms with Crippen LogP contribution < -0.4 is 9.46 Å². The van der Waals surface area contributed by atoms with Gasteiger partial charge in [-0.3, -0.25) is 0 Å². The molecule has 0 atom stereocenters. The molecule has 0 amide bonds. The molecule has 0 spiro atoms. The maximum atomic E-state index is 13.3. The molecule has 10 heteroatoms. The molecule has 0 bridgehead atoms. The first-order valence-corrected chi connectivity index (χ1v) is 19.6. The van der Waals surface area contributed by atoms with Gasteiger partial charge in [-0.25, -0.2) is 17.9 Å². The van der Waals surface area contributed by atoms with Crippen molar-refractivity contribution in [2.45, 2.75) is 30.7 Å². The summed E-state index contributed by atoms with van der Waals surface area (Å²) in [6.07, 6.45) is 0.962. The Hall–Kier alpha value is -4.54. The number of aromatic nitrogens is 1. The van der Waals surface area contributed by atoms with E-state index >= 15 is 0 Å². The van der Waals surface area contributed by atoms with Crippen molar-refractivity contribution in [3.8, 4) is 5.75 Å². The van der Waals surface area contributed by atoms with Gasteiger partial charge in [0.25, 0.3) is 0 Å². The molecule has 6 rings (SSSR count). The highest BCUT2D eigenvalue weighted by atomic mass is 35.5. The highest BCUT2D eigenvalue weighted by molar-refractivity contribution is 8.11. The van der Waals surface area contributed by atoms with E-state index in [0.717, 1.165) is 43.7 Å². The number of thioether (sulfide) groups is 1. The average Bonchev–Trinajstić information content (AvgIpc) is 3.43. The van der Waals surface area contributed by atoms with E-state index in [1.807, 2.05) is 85.8 Å². The lowest BCUT2D eigenvalue weighted by atomic mass is 9.97. The minimum Gasteiger partial charge on any atom is -0.493 e. The van der Waals surface area contributed by atoms with Gasteiger partial charge in [-0.05, 0) is 77.7 Å². The molecule has 1 aromatic heterocycles. The molecule has 1 heterocycles. The highest BCUT2D eigenvalue weighted by Gasteiger charge is 2.26. The van der Waals surface area contributed by atoms with Crippen LogP contribution in [0.3, 0.4) is 0 Å². The summed E-state index contributed by atoms with van der Waals surface area (Å²) < 4.78 is 42.8. The van der Waals surface area contributed by atoms with Crippen LogP contribution in [0.5, 0.6) is 5.75 Å². The number of fused-ring (bicyclic) bond motifs is 1. The molecule has 51 heavy (non-hydrogen) atoms. The largest absolute Gasteiger partial charge is 0.493 e. The van der Waals surface area contributed by atoms with E-state index < -0.39 is 16.0 Å². The first-order valence-electron chi connectivity index (χ1n) is 16.6. The summed E-state index contributed by atoms with van der Waals surface area (Å²) in [4.78, 5) is 12.9. The van der Waals surface area contributed by atoms with E-state index in [1.165, 1.54) is 18.9 Å². The lowest BCUT2D eigenvalue weighted by Crippen LogP contribution is -2.28. The van der Waals surface area contributed by atoms with Gasteiger partial charge in [-0.2, -0.15) is 0 Å². The van der Waals surface area contributed by atoms with Crippen molar-refractivity contribution < 1.29 is 22.7 Å². The van der Waals surface area contributed by atoms with Crippen molar-refractivity contribution in [2.75, 3.05) is 25.3 Å². The summed E-state index contributed by atoms with van der Waals surface area (Å²) in [6, 6.07) is 41.0. The van der Waals surface area contributed by atoms with Gasteiger partial charge in [-0.1, -0.05) is 90.5 Å². The van der Waals surface area contributed by atoms with Crippen LogP contribution in [0.15, 0.2) is 132 Å². The van der Waals surface area contributed by atoms with Gasteiger partial charge in [0.15, 0.2) is 0 Å². The minimum absolute atomic E-state index is 0.0808. The van der Waals surface area contributed by atoms with Crippen molar-refractivity contribution in [2.24, 2.45) is 0 Å². The van der Waals surface area contributed by atoms with Gasteiger partial charge in [-0.15, -0.1) is 11.8 Å². The van der Waals surface area contributed by atoms with Crippen LogP contribution >= 0.6 is 23.4 Å². The van der Waals surface area contributed by atoms with Crippen LogP contribution in [0.1, 0.15) is 44.3 Å². The summed E-state index contributed by atoms with van der Waals surface area (Å²) in [7, 11) is -2.24. The Morgan fingerprint density at radius 1 is 0.843 bits per heavy atom. The summed E-state index contributed by atoms with van der Waals surface area (Å²) in [5.41, 5.74) is 6.69. The van der Waals surface area contributed by atoms with Gasteiger partial charge in [0.2, 0.25) is 10.0 Å². The van der Waals surface area contributed by atoms with Crippen LogP contribution in [0.25, 0.3) is 10.9 Å². The van der Waals surface area contributed by atoms with Gasteiger partial charge in [0, 0.05) is 45.9 Å². The number of carbonyl (C=O) groups excluding carboxylic acids is 1. The topological polar surface area (TPSA) is 86.6 Å². The summed E-state index contributed by atoms with van der Waals surface area (Å²) >= 11 is 7.95. The molecule has 262 valence electrons. The highest BCUT2D eigenvalue weighted by Crippen LogP contribution is 2.38. The summed E-state index contributed by atoms with van der Waals surface area (Å²) in [6.45, 7) is 2.53. The maximum Gasteiger partial charge on any atom is 0.337 e. The lowest BCUT2D eigenvalue weighted by molar-refractivity contribution is 0.0600. The smallest absolute Gasteiger partial charge is 0.337 e. The second kappa shape index (κ2) is 16.7. The van der Waals surface area contributed by atoms with Gasteiger partial charge < -0.3 is 14.0 Å². The first kappa shape index (κ1) is 36.3. The monoisotopic (exact) mass is 738 g/mol. The predicted molar refractivity (Wildman–Crippen MR) is 207 cm³/mol. The molecule has 7 nitrogen and oxygen atoms in total. The van der Waals surface area contributed by atoms with E-state index in [0.29, 0.717) is 35.8 Å². The van der Waals surface area contributed by atoms with Crippen LogP contribution in [0, 0.1) is 6.92 Å². The van der Waals surface area contributed by atoms with Crippen molar-refractivity contribution >= 4 is 50.3 Å². The number of methoxy groups -OCH3 is 1. The Balaban J connectivity index is 1.36. The van der Waals surface area contributed by atoms with Gasteiger partial charge in [0.1, 0.15) is 10.8 Å². The standard InChI is InChI=1S/C41H39ClN2O5S2/c1-29-11-9-10-16-39(29)50-28-51(46,47)43-25-23-38-35(24-26-49-34-20-17-32(18-21-34)41(45)48-2)36-27-33(42)19-22-37(36)44(38)40(30-12-5-3-6-13-30)31-14-7-4-8-15-31/h3-22,27,40,43H,23-26,28H2,1-2H3. The van der Waals surface area contributed by atoms with Crippen molar-refractivity contribution in [3.05, 3.63) is 166 Å². The van der Waals surface area contributed by atoms with Crippen LogP contribution in [-0.4, -0.2) is 44.3 Å². The predicted octanol–water partition coefficient (Wildman–Crippen LogP) is 8.86. The second-order valence-electron chi connectivity index (χ2n) is 12.1. The number of carbonyl (C=O) groups is 1. The number of nitrogens with zero attached hydrogens (tertiary/aromatic N) is 1. The number of aryl methyl sites for hydroxylation is 1. The Morgan fingerprint density at radius 3 is 2.14 bits per heavy atom.